The van der Waals surface area contributed by atoms with Crippen molar-refractivity contribution in [3.8, 4) is 5.88 Å². The Morgan fingerprint density at radius 2 is 2.17 bits per heavy atom. The lowest BCUT2D eigenvalue weighted by molar-refractivity contribution is 0.0733. The van der Waals surface area contributed by atoms with Crippen LogP contribution >= 0.6 is 0 Å². The number of hydrogen-bond acceptors (Lipinski definition) is 4. The maximum Gasteiger partial charge on any atom is 0.255 e. The van der Waals surface area contributed by atoms with Crippen molar-refractivity contribution in [3.63, 3.8) is 0 Å². The van der Waals surface area contributed by atoms with Crippen LogP contribution in [0.1, 0.15) is 40.2 Å². The van der Waals surface area contributed by atoms with Gasteiger partial charge >= 0.3 is 0 Å². The number of fused-ring (bicyclic) bond motifs is 1. The highest BCUT2D eigenvalue weighted by atomic mass is 16.5. The molecule has 0 aromatic carbocycles. The molecule has 5 nitrogen and oxygen atoms in total. The predicted molar refractivity (Wildman–Crippen MR) is 89.9 cm³/mol. The van der Waals surface area contributed by atoms with Crippen molar-refractivity contribution in [2.45, 2.75) is 32.7 Å². The molecule has 3 heterocycles. The van der Waals surface area contributed by atoms with Gasteiger partial charge in [0, 0.05) is 37.5 Å². The minimum atomic E-state index is 0.0298. The van der Waals surface area contributed by atoms with Gasteiger partial charge in [0.1, 0.15) is 0 Å². The first-order valence-electron chi connectivity index (χ1n) is 8.52. The molecule has 1 aliphatic heterocycles. The van der Waals surface area contributed by atoms with Crippen molar-refractivity contribution in [2.75, 3.05) is 13.2 Å². The minimum absolute atomic E-state index is 0.0298. The third kappa shape index (κ3) is 3.25. The number of pyridine rings is 2. The van der Waals surface area contributed by atoms with E-state index in [9.17, 15) is 4.79 Å². The number of ether oxygens (including phenoxy) is 1. The summed E-state index contributed by atoms with van der Waals surface area (Å²) in [6.07, 6.45) is 4.97. The second-order valence-corrected chi connectivity index (χ2v) is 6.67. The van der Waals surface area contributed by atoms with Crippen LogP contribution in [-0.4, -0.2) is 33.9 Å². The molecular formula is C19H21N3O2. The molecule has 1 fully saturated rings. The number of aromatic nitrogens is 2. The van der Waals surface area contributed by atoms with Gasteiger partial charge in [0.2, 0.25) is 5.88 Å². The van der Waals surface area contributed by atoms with Crippen molar-refractivity contribution in [3.05, 3.63) is 53.0 Å². The minimum Gasteiger partial charge on any atom is -0.477 e. The van der Waals surface area contributed by atoms with Crippen LogP contribution in [0.25, 0.3) is 0 Å². The molecule has 4 rings (SSSR count). The zero-order valence-corrected chi connectivity index (χ0v) is 13.9. The SMILES string of the molecule is Cc1ccc(C(=O)N2CCc3nc(OCC4CC4)ccc3C2)cn1. The number of aryl methyl sites for hydroxylation is 1. The molecule has 5 heteroatoms. The molecule has 0 N–H and O–H groups in total. The summed E-state index contributed by atoms with van der Waals surface area (Å²) in [5.41, 5.74) is 3.71. The van der Waals surface area contributed by atoms with Gasteiger partial charge in [0.15, 0.2) is 0 Å². The summed E-state index contributed by atoms with van der Waals surface area (Å²) in [4.78, 5) is 23.3. The average Bonchev–Trinajstić information content (AvgIpc) is 3.44. The maximum absolute atomic E-state index is 12.6. The van der Waals surface area contributed by atoms with Gasteiger partial charge in [-0.2, -0.15) is 0 Å². The lowest BCUT2D eigenvalue weighted by Crippen LogP contribution is -2.36. The summed E-state index contributed by atoms with van der Waals surface area (Å²) >= 11 is 0. The van der Waals surface area contributed by atoms with Crippen molar-refractivity contribution in [1.82, 2.24) is 14.9 Å². The Bertz CT molecular complexity index is 754. The van der Waals surface area contributed by atoms with Gasteiger partial charge < -0.3 is 9.64 Å². The molecule has 2 aromatic heterocycles. The Kier molecular flexibility index (Phi) is 3.92. The molecule has 2 aliphatic rings. The molecule has 124 valence electrons. The third-order valence-corrected chi connectivity index (χ3v) is 4.63. The molecule has 1 saturated carbocycles. The monoisotopic (exact) mass is 323 g/mol. The molecule has 1 amide bonds. The second-order valence-electron chi connectivity index (χ2n) is 6.67. The zero-order valence-electron chi connectivity index (χ0n) is 13.9. The van der Waals surface area contributed by atoms with Crippen molar-refractivity contribution in [2.24, 2.45) is 5.92 Å². The van der Waals surface area contributed by atoms with Crippen LogP contribution in [0.4, 0.5) is 0 Å². The molecule has 0 radical (unpaired) electrons. The van der Waals surface area contributed by atoms with Crippen LogP contribution in [0.15, 0.2) is 30.5 Å². The first-order chi connectivity index (χ1) is 11.7. The Morgan fingerprint density at radius 3 is 2.92 bits per heavy atom. The topological polar surface area (TPSA) is 55.3 Å². The lowest BCUT2D eigenvalue weighted by atomic mass is 10.0. The van der Waals surface area contributed by atoms with Crippen LogP contribution in [-0.2, 0) is 13.0 Å². The molecule has 2 aromatic rings. The molecule has 1 aliphatic carbocycles. The van der Waals surface area contributed by atoms with E-state index in [-0.39, 0.29) is 5.91 Å². The Morgan fingerprint density at radius 1 is 1.29 bits per heavy atom. The highest BCUT2D eigenvalue weighted by molar-refractivity contribution is 5.94. The summed E-state index contributed by atoms with van der Waals surface area (Å²) in [6.45, 7) is 3.97. The normalized spacial score (nSPS) is 16.6. The molecule has 0 unspecified atom stereocenters. The summed E-state index contributed by atoms with van der Waals surface area (Å²) in [5.74, 6) is 1.46. The van der Waals surface area contributed by atoms with Crippen LogP contribution in [0.3, 0.4) is 0 Å². The van der Waals surface area contributed by atoms with E-state index < -0.39 is 0 Å². The van der Waals surface area contributed by atoms with E-state index in [4.69, 9.17) is 4.74 Å². The second kappa shape index (κ2) is 6.23. The van der Waals surface area contributed by atoms with Crippen LogP contribution < -0.4 is 4.74 Å². The fourth-order valence-corrected chi connectivity index (χ4v) is 2.91. The van der Waals surface area contributed by atoms with Crippen LogP contribution in [0.2, 0.25) is 0 Å². The zero-order chi connectivity index (χ0) is 16.5. The molecular weight excluding hydrogens is 302 g/mol. The number of rotatable bonds is 4. The number of amides is 1. The van der Waals surface area contributed by atoms with E-state index in [0.29, 0.717) is 24.5 Å². The largest absolute Gasteiger partial charge is 0.477 e. The highest BCUT2D eigenvalue weighted by Crippen LogP contribution is 2.29. The fourth-order valence-electron chi connectivity index (χ4n) is 2.91. The molecule has 0 spiro atoms. The highest BCUT2D eigenvalue weighted by Gasteiger charge is 2.24. The van der Waals surface area contributed by atoms with Gasteiger partial charge in [-0.15, -0.1) is 0 Å². The summed E-state index contributed by atoms with van der Waals surface area (Å²) in [5, 5.41) is 0. The average molecular weight is 323 g/mol. The van der Waals surface area contributed by atoms with Crippen molar-refractivity contribution in [1.29, 1.82) is 0 Å². The number of hydrogen-bond donors (Lipinski definition) is 0. The molecule has 0 bridgehead atoms. The number of nitrogens with zero attached hydrogens (tertiary/aromatic N) is 3. The van der Waals surface area contributed by atoms with Crippen LogP contribution in [0, 0.1) is 12.8 Å². The van der Waals surface area contributed by atoms with E-state index in [2.05, 4.69) is 9.97 Å². The van der Waals surface area contributed by atoms with E-state index in [1.807, 2.05) is 36.1 Å². The smallest absolute Gasteiger partial charge is 0.255 e. The van der Waals surface area contributed by atoms with Gasteiger partial charge in [-0.25, -0.2) is 4.98 Å². The standard InChI is InChI=1S/C19H21N3O2/c1-13-2-5-15(10-20-13)19(23)22-9-8-17-16(11-22)6-7-18(21-17)24-12-14-3-4-14/h2,5-7,10,14H,3-4,8-9,11-12H2,1H3. The van der Waals surface area contributed by atoms with Crippen molar-refractivity contribution < 1.29 is 9.53 Å². The van der Waals surface area contributed by atoms with E-state index in [0.717, 1.165) is 35.9 Å². The van der Waals surface area contributed by atoms with Gasteiger partial charge in [-0.3, -0.25) is 9.78 Å². The molecule has 0 atom stereocenters. The summed E-state index contributed by atoms with van der Waals surface area (Å²) in [7, 11) is 0. The van der Waals surface area contributed by atoms with Gasteiger partial charge in [-0.1, -0.05) is 6.07 Å². The number of carbonyl (C=O) groups excluding carboxylic acids is 1. The Balaban J connectivity index is 1.45. The molecule has 24 heavy (non-hydrogen) atoms. The van der Waals surface area contributed by atoms with E-state index in [1.54, 1.807) is 6.20 Å². The van der Waals surface area contributed by atoms with Gasteiger partial charge in [-0.05, 0) is 43.4 Å². The Labute approximate surface area is 141 Å². The quantitative estimate of drug-likeness (QED) is 0.868. The first-order valence-corrected chi connectivity index (χ1v) is 8.52. The summed E-state index contributed by atoms with van der Waals surface area (Å²) < 4.78 is 5.75. The van der Waals surface area contributed by atoms with E-state index in [1.165, 1.54) is 12.8 Å². The summed E-state index contributed by atoms with van der Waals surface area (Å²) in [6, 6.07) is 7.67. The van der Waals surface area contributed by atoms with Crippen molar-refractivity contribution >= 4 is 5.91 Å². The van der Waals surface area contributed by atoms with Gasteiger partial charge in [0.05, 0.1) is 17.9 Å². The third-order valence-electron chi connectivity index (χ3n) is 4.63. The van der Waals surface area contributed by atoms with Gasteiger partial charge in [0.25, 0.3) is 5.91 Å². The Hall–Kier alpha value is -2.43. The fraction of sp³-hybridized carbons (Fsp3) is 0.421. The first kappa shape index (κ1) is 15.1. The lowest BCUT2D eigenvalue weighted by Gasteiger charge is -2.28. The molecule has 0 saturated heterocycles. The predicted octanol–water partition coefficient (Wildman–Crippen LogP) is 2.77. The maximum atomic E-state index is 12.6. The van der Waals surface area contributed by atoms with Crippen LogP contribution in [0.5, 0.6) is 5.88 Å². The van der Waals surface area contributed by atoms with E-state index >= 15 is 0 Å². The number of carbonyl (C=O) groups is 1.